The summed E-state index contributed by atoms with van der Waals surface area (Å²) in [5.41, 5.74) is 3.20. The van der Waals surface area contributed by atoms with Gasteiger partial charge in [0, 0.05) is 42.5 Å². The lowest BCUT2D eigenvalue weighted by atomic mass is 9.79. The van der Waals surface area contributed by atoms with Crippen molar-refractivity contribution in [2.24, 2.45) is 0 Å². The van der Waals surface area contributed by atoms with Gasteiger partial charge < -0.3 is 15.4 Å². The first-order valence-corrected chi connectivity index (χ1v) is 12.4. The SMILES string of the molecule is COC[C@@H](C)N(C)CC=CC(=O)Nc1cc2c(Nc3ccc(F)c(Cl)c3)ncnc2cc1C1CCC1. The number of nitrogens with zero attached hydrogens (tertiary/aromatic N) is 3. The minimum Gasteiger partial charge on any atom is -0.383 e. The number of nitrogens with one attached hydrogen (secondary N) is 2. The molecular formula is C27H31ClFN5O2. The van der Waals surface area contributed by atoms with Crippen LogP contribution in [-0.4, -0.2) is 54.1 Å². The molecule has 1 aliphatic rings. The summed E-state index contributed by atoms with van der Waals surface area (Å²) in [4.78, 5) is 23.8. The molecule has 0 saturated heterocycles. The number of hydrogen-bond donors (Lipinski definition) is 2. The Bertz CT molecular complexity index is 1260. The van der Waals surface area contributed by atoms with Crippen LogP contribution in [-0.2, 0) is 9.53 Å². The van der Waals surface area contributed by atoms with Gasteiger partial charge in [-0.25, -0.2) is 14.4 Å². The summed E-state index contributed by atoms with van der Waals surface area (Å²) in [6, 6.07) is 8.59. The van der Waals surface area contributed by atoms with E-state index >= 15 is 0 Å². The highest BCUT2D eigenvalue weighted by Gasteiger charge is 2.24. The maximum Gasteiger partial charge on any atom is 0.248 e. The van der Waals surface area contributed by atoms with Crippen LogP contribution >= 0.6 is 11.6 Å². The van der Waals surface area contributed by atoms with E-state index in [0.29, 0.717) is 30.6 Å². The fraction of sp³-hybridized carbons (Fsp3) is 0.370. The van der Waals surface area contributed by atoms with Crippen molar-refractivity contribution in [1.29, 1.82) is 0 Å². The molecule has 0 spiro atoms. The number of aromatic nitrogens is 2. The molecule has 2 N–H and O–H groups in total. The van der Waals surface area contributed by atoms with Crippen LogP contribution in [0.2, 0.25) is 5.02 Å². The van der Waals surface area contributed by atoms with Crippen LogP contribution in [0.25, 0.3) is 10.9 Å². The van der Waals surface area contributed by atoms with Gasteiger partial charge in [0.1, 0.15) is 18.0 Å². The van der Waals surface area contributed by atoms with Gasteiger partial charge in [0.15, 0.2) is 0 Å². The average molecular weight is 512 g/mol. The summed E-state index contributed by atoms with van der Waals surface area (Å²) in [5, 5.41) is 7.02. The maximum atomic E-state index is 13.6. The lowest BCUT2D eigenvalue weighted by Crippen LogP contribution is -2.32. The molecule has 190 valence electrons. The number of benzene rings is 2. The molecule has 2 aromatic carbocycles. The van der Waals surface area contributed by atoms with Crippen LogP contribution in [0.15, 0.2) is 48.8 Å². The highest BCUT2D eigenvalue weighted by molar-refractivity contribution is 6.31. The first-order valence-electron chi connectivity index (χ1n) is 12.0. The van der Waals surface area contributed by atoms with Crippen molar-refractivity contribution in [1.82, 2.24) is 14.9 Å². The Balaban J connectivity index is 1.58. The third-order valence-electron chi connectivity index (χ3n) is 6.61. The van der Waals surface area contributed by atoms with E-state index < -0.39 is 5.82 Å². The maximum absolute atomic E-state index is 13.6. The van der Waals surface area contributed by atoms with Gasteiger partial charge in [-0.05, 0) is 68.6 Å². The number of halogens is 2. The molecule has 1 aromatic heterocycles. The van der Waals surface area contributed by atoms with Gasteiger partial charge in [0.05, 0.1) is 17.1 Å². The number of carbonyl (C=O) groups is 1. The number of rotatable bonds is 10. The zero-order chi connectivity index (χ0) is 25.7. The normalized spacial score (nSPS) is 14.8. The lowest BCUT2D eigenvalue weighted by molar-refractivity contribution is -0.111. The van der Waals surface area contributed by atoms with Gasteiger partial charge in [0.2, 0.25) is 5.91 Å². The molecular weight excluding hydrogens is 481 g/mol. The van der Waals surface area contributed by atoms with Crippen molar-refractivity contribution in [2.75, 3.05) is 37.9 Å². The molecule has 0 radical (unpaired) electrons. The summed E-state index contributed by atoms with van der Waals surface area (Å²) in [6.07, 6.45) is 8.23. The topological polar surface area (TPSA) is 79.4 Å². The van der Waals surface area contributed by atoms with E-state index in [0.717, 1.165) is 35.0 Å². The summed E-state index contributed by atoms with van der Waals surface area (Å²) in [6.45, 7) is 3.33. The van der Waals surface area contributed by atoms with Crippen LogP contribution < -0.4 is 10.6 Å². The number of hydrogen-bond acceptors (Lipinski definition) is 6. The summed E-state index contributed by atoms with van der Waals surface area (Å²) >= 11 is 5.94. The van der Waals surface area contributed by atoms with E-state index in [1.807, 2.05) is 25.3 Å². The van der Waals surface area contributed by atoms with E-state index in [4.69, 9.17) is 16.3 Å². The zero-order valence-electron chi connectivity index (χ0n) is 20.7. The summed E-state index contributed by atoms with van der Waals surface area (Å²) < 4.78 is 18.8. The van der Waals surface area contributed by atoms with E-state index in [1.54, 1.807) is 19.3 Å². The third-order valence-corrected chi connectivity index (χ3v) is 6.90. The van der Waals surface area contributed by atoms with Crippen LogP contribution in [0.1, 0.15) is 37.7 Å². The second kappa shape index (κ2) is 11.8. The minimum atomic E-state index is -0.489. The molecule has 0 aliphatic heterocycles. The predicted octanol–water partition coefficient (Wildman–Crippen LogP) is 5.89. The van der Waals surface area contributed by atoms with Gasteiger partial charge in [-0.3, -0.25) is 9.69 Å². The van der Waals surface area contributed by atoms with E-state index in [9.17, 15) is 9.18 Å². The molecule has 1 aliphatic carbocycles. The molecule has 1 atom stereocenters. The Hall–Kier alpha value is -3.07. The van der Waals surface area contributed by atoms with Gasteiger partial charge in [-0.1, -0.05) is 24.1 Å². The Morgan fingerprint density at radius 2 is 2.11 bits per heavy atom. The van der Waals surface area contributed by atoms with Crippen molar-refractivity contribution < 1.29 is 13.9 Å². The molecule has 9 heteroatoms. The van der Waals surface area contributed by atoms with Crippen LogP contribution in [0, 0.1) is 5.82 Å². The molecule has 36 heavy (non-hydrogen) atoms. The smallest absolute Gasteiger partial charge is 0.248 e. The van der Waals surface area contributed by atoms with Crippen molar-refractivity contribution >= 4 is 45.6 Å². The fourth-order valence-corrected chi connectivity index (χ4v) is 4.32. The van der Waals surface area contributed by atoms with Gasteiger partial charge in [-0.2, -0.15) is 0 Å². The average Bonchev–Trinajstić information content (AvgIpc) is 2.81. The van der Waals surface area contributed by atoms with E-state index in [2.05, 4.69) is 32.4 Å². The van der Waals surface area contributed by atoms with E-state index in [1.165, 1.54) is 24.9 Å². The molecule has 4 rings (SSSR count). The number of likely N-dealkylation sites (N-methyl/N-ethyl adjacent to an activating group) is 1. The number of carbonyl (C=O) groups excluding carboxylic acids is 1. The first kappa shape index (κ1) is 26.0. The number of ether oxygens (including phenoxy) is 1. The van der Waals surface area contributed by atoms with Crippen LogP contribution in [0.5, 0.6) is 0 Å². The Morgan fingerprint density at radius 3 is 2.81 bits per heavy atom. The molecule has 1 heterocycles. The summed E-state index contributed by atoms with van der Waals surface area (Å²) in [7, 11) is 3.67. The minimum absolute atomic E-state index is 0.0210. The van der Waals surface area contributed by atoms with Crippen molar-refractivity contribution in [3.63, 3.8) is 0 Å². The standard InChI is InChI=1S/C27H31ClFN5O2/c1-17(15-36-3)34(2)11-5-8-26(35)33-25-14-21-24(13-20(25)18-6-4-7-18)30-16-31-27(21)32-19-9-10-23(29)22(28)12-19/h5,8-10,12-14,16-18H,4,6-7,11,15H2,1-3H3,(H,33,35)(H,30,31,32)/t17-/m1/s1. The number of methoxy groups -OCH3 is 1. The highest BCUT2D eigenvalue weighted by atomic mass is 35.5. The van der Waals surface area contributed by atoms with Crippen molar-refractivity contribution in [3.8, 4) is 0 Å². The lowest BCUT2D eigenvalue weighted by Gasteiger charge is -2.28. The Kier molecular flexibility index (Phi) is 8.51. The van der Waals surface area contributed by atoms with Gasteiger partial charge in [0.25, 0.3) is 0 Å². The second-order valence-electron chi connectivity index (χ2n) is 9.20. The van der Waals surface area contributed by atoms with Gasteiger partial charge >= 0.3 is 0 Å². The van der Waals surface area contributed by atoms with Crippen LogP contribution in [0.4, 0.5) is 21.6 Å². The molecule has 0 unspecified atom stereocenters. The van der Waals surface area contributed by atoms with Crippen molar-refractivity contribution in [2.45, 2.75) is 38.1 Å². The zero-order valence-corrected chi connectivity index (χ0v) is 21.5. The van der Waals surface area contributed by atoms with E-state index in [-0.39, 0.29) is 17.0 Å². The molecule has 1 amide bonds. The van der Waals surface area contributed by atoms with Crippen LogP contribution in [0.3, 0.4) is 0 Å². The largest absolute Gasteiger partial charge is 0.383 e. The molecule has 0 bridgehead atoms. The number of amides is 1. The molecule has 1 saturated carbocycles. The number of anilines is 3. The second-order valence-corrected chi connectivity index (χ2v) is 9.60. The van der Waals surface area contributed by atoms with Crippen molar-refractivity contribution in [3.05, 3.63) is 65.2 Å². The quantitative estimate of drug-likeness (QED) is 0.330. The Morgan fingerprint density at radius 1 is 1.31 bits per heavy atom. The molecule has 1 fully saturated rings. The highest BCUT2D eigenvalue weighted by Crippen LogP contribution is 2.42. The molecule has 7 nitrogen and oxygen atoms in total. The third kappa shape index (κ3) is 6.19. The molecule has 3 aromatic rings. The summed E-state index contributed by atoms with van der Waals surface area (Å²) in [5.74, 6) is 0.247. The number of fused-ring (bicyclic) bond motifs is 1. The predicted molar refractivity (Wildman–Crippen MR) is 143 cm³/mol. The monoisotopic (exact) mass is 511 g/mol. The Labute approximate surface area is 215 Å². The first-order chi connectivity index (χ1) is 17.4. The van der Waals surface area contributed by atoms with Gasteiger partial charge in [-0.15, -0.1) is 0 Å². The fourth-order valence-electron chi connectivity index (χ4n) is 4.14.